The summed E-state index contributed by atoms with van der Waals surface area (Å²) < 4.78 is 10.2. The molecule has 0 saturated heterocycles. The van der Waals surface area contributed by atoms with Gasteiger partial charge in [0.1, 0.15) is 17.2 Å². The highest BCUT2D eigenvalue weighted by molar-refractivity contribution is 9.10. The lowest BCUT2D eigenvalue weighted by atomic mass is 10.2. The molecule has 0 N–H and O–H groups in total. The van der Waals surface area contributed by atoms with Gasteiger partial charge in [-0.1, -0.05) is 35.0 Å². The molecule has 1 rings (SSSR count). The Morgan fingerprint density at radius 1 is 1.38 bits per heavy atom. The monoisotopic (exact) mass is 286 g/mol. The van der Waals surface area contributed by atoms with Gasteiger partial charge in [0.15, 0.2) is 0 Å². The Morgan fingerprint density at radius 3 is 2.50 bits per heavy atom. The van der Waals surface area contributed by atoms with Gasteiger partial charge in [-0.2, -0.15) is 0 Å². The Balaban J connectivity index is 2.45. The average Bonchev–Trinajstić information content (AvgIpc) is 2.35. The molecule has 3 nitrogen and oxygen atoms in total. The minimum absolute atomic E-state index is 0.217. The smallest absolute Gasteiger partial charge is 0.320 e. The number of methoxy groups -OCH3 is 1. The maximum atomic E-state index is 11.4. The number of halogens is 1. The molecule has 0 aliphatic carbocycles. The van der Waals surface area contributed by atoms with Crippen LogP contribution in [-0.2, 0) is 16.1 Å². The minimum Gasteiger partial charge on any atom is -0.497 e. The van der Waals surface area contributed by atoms with Crippen molar-refractivity contribution in [1.29, 1.82) is 0 Å². The van der Waals surface area contributed by atoms with Crippen molar-refractivity contribution in [1.82, 2.24) is 0 Å². The minimum atomic E-state index is -0.224. The zero-order valence-corrected chi connectivity index (χ0v) is 11.0. The molecule has 0 fully saturated rings. The summed E-state index contributed by atoms with van der Waals surface area (Å²) in [6, 6.07) is 7.44. The molecule has 0 saturated carbocycles. The van der Waals surface area contributed by atoms with Gasteiger partial charge in [-0.3, -0.25) is 4.79 Å². The van der Waals surface area contributed by atoms with E-state index in [0.29, 0.717) is 6.61 Å². The molecule has 0 amide bonds. The molecule has 1 aromatic rings. The molecule has 0 aliphatic heterocycles. The predicted molar refractivity (Wildman–Crippen MR) is 65.8 cm³/mol. The van der Waals surface area contributed by atoms with Gasteiger partial charge in [0.05, 0.1) is 7.11 Å². The van der Waals surface area contributed by atoms with Crippen LogP contribution in [0.5, 0.6) is 5.75 Å². The molecule has 88 valence electrons. The molecule has 0 heterocycles. The second-order valence-corrected chi connectivity index (χ2v) is 4.44. The van der Waals surface area contributed by atoms with E-state index in [2.05, 4.69) is 15.9 Å². The van der Waals surface area contributed by atoms with Gasteiger partial charge in [-0.25, -0.2) is 0 Å². The van der Waals surface area contributed by atoms with Crippen LogP contribution in [0.1, 0.15) is 18.9 Å². The van der Waals surface area contributed by atoms with Crippen LogP contribution in [0.15, 0.2) is 24.3 Å². The molecule has 0 bridgehead atoms. The molecule has 4 heteroatoms. The first-order valence-corrected chi connectivity index (χ1v) is 6.02. The van der Waals surface area contributed by atoms with E-state index in [0.717, 1.165) is 17.7 Å². The third-order valence-electron chi connectivity index (χ3n) is 2.15. The lowest BCUT2D eigenvalue weighted by molar-refractivity contribution is -0.144. The van der Waals surface area contributed by atoms with Crippen LogP contribution < -0.4 is 4.74 Å². The Hall–Kier alpha value is -1.03. The number of carbonyl (C=O) groups is 1. The fourth-order valence-electron chi connectivity index (χ4n) is 1.13. The van der Waals surface area contributed by atoms with Gasteiger partial charge in [0.2, 0.25) is 0 Å². The molecule has 0 aromatic heterocycles. The number of hydrogen-bond donors (Lipinski definition) is 0. The lowest BCUT2D eigenvalue weighted by Gasteiger charge is -2.08. The van der Waals surface area contributed by atoms with Crippen molar-refractivity contribution >= 4 is 21.9 Å². The molecule has 1 atom stereocenters. The van der Waals surface area contributed by atoms with Crippen molar-refractivity contribution in [3.63, 3.8) is 0 Å². The Labute approximate surface area is 104 Å². The molecule has 1 aromatic carbocycles. The topological polar surface area (TPSA) is 35.5 Å². The highest BCUT2D eigenvalue weighted by atomic mass is 79.9. The van der Waals surface area contributed by atoms with Gasteiger partial charge in [0, 0.05) is 0 Å². The molecule has 0 radical (unpaired) electrons. The fourth-order valence-corrected chi connectivity index (χ4v) is 1.27. The van der Waals surface area contributed by atoms with Crippen molar-refractivity contribution in [2.45, 2.75) is 24.8 Å². The zero-order chi connectivity index (χ0) is 12.0. The highest BCUT2D eigenvalue weighted by Crippen LogP contribution is 2.13. The standard InChI is InChI=1S/C12H15BrO3/c1-3-11(13)12(14)16-8-9-4-6-10(15-2)7-5-9/h4-7,11H,3,8H2,1-2H3. The molecule has 16 heavy (non-hydrogen) atoms. The van der Waals surface area contributed by atoms with Crippen LogP contribution in [0.2, 0.25) is 0 Å². The molecule has 0 spiro atoms. The fraction of sp³-hybridized carbons (Fsp3) is 0.417. The van der Waals surface area contributed by atoms with E-state index in [9.17, 15) is 4.79 Å². The third kappa shape index (κ3) is 3.85. The van der Waals surface area contributed by atoms with E-state index in [-0.39, 0.29) is 10.8 Å². The summed E-state index contributed by atoms with van der Waals surface area (Å²) in [6.07, 6.45) is 0.724. The van der Waals surface area contributed by atoms with Crippen LogP contribution in [0.4, 0.5) is 0 Å². The van der Waals surface area contributed by atoms with Crippen LogP contribution in [0, 0.1) is 0 Å². The van der Waals surface area contributed by atoms with Crippen LogP contribution in [-0.4, -0.2) is 17.9 Å². The predicted octanol–water partition coefficient (Wildman–Crippen LogP) is 2.91. The lowest BCUT2D eigenvalue weighted by Crippen LogP contribution is -2.16. The molecule has 1 unspecified atom stereocenters. The van der Waals surface area contributed by atoms with Crippen molar-refractivity contribution in [3.8, 4) is 5.75 Å². The zero-order valence-electron chi connectivity index (χ0n) is 9.40. The SMILES string of the molecule is CCC(Br)C(=O)OCc1ccc(OC)cc1. The summed E-state index contributed by atoms with van der Waals surface area (Å²) >= 11 is 3.24. The number of ether oxygens (including phenoxy) is 2. The Bertz CT molecular complexity index is 335. The Morgan fingerprint density at radius 2 is 2.00 bits per heavy atom. The van der Waals surface area contributed by atoms with Crippen molar-refractivity contribution in [2.24, 2.45) is 0 Å². The quantitative estimate of drug-likeness (QED) is 0.617. The largest absolute Gasteiger partial charge is 0.497 e. The van der Waals surface area contributed by atoms with Gasteiger partial charge >= 0.3 is 5.97 Å². The maximum Gasteiger partial charge on any atom is 0.320 e. The number of carbonyl (C=O) groups excluding carboxylic acids is 1. The second kappa shape index (κ2) is 6.53. The van der Waals surface area contributed by atoms with E-state index in [1.54, 1.807) is 7.11 Å². The summed E-state index contributed by atoms with van der Waals surface area (Å²) in [5.74, 6) is 0.570. The number of esters is 1. The van der Waals surface area contributed by atoms with Gasteiger partial charge in [-0.15, -0.1) is 0 Å². The van der Waals surface area contributed by atoms with Crippen molar-refractivity contribution < 1.29 is 14.3 Å². The highest BCUT2D eigenvalue weighted by Gasteiger charge is 2.13. The van der Waals surface area contributed by atoms with Crippen LogP contribution >= 0.6 is 15.9 Å². The van der Waals surface area contributed by atoms with E-state index >= 15 is 0 Å². The summed E-state index contributed by atoms with van der Waals surface area (Å²) in [6.45, 7) is 2.22. The van der Waals surface area contributed by atoms with Crippen LogP contribution in [0.3, 0.4) is 0 Å². The summed E-state index contributed by atoms with van der Waals surface area (Å²) in [5, 5.41) is 0. The van der Waals surface area contributed by atoms with Crippen molar-refractivity contribution in [3.05, 3.63) is 29.8 Å². The molecular weight excluding hydrogens is 272 g/mol. The average molecular weight is 287 g/mol. The molecular formula is C12H15BrO3. The van der Waals surface area contributed by atoms with E-state index in [4.69, 9.17) is 9.47 Å². The second-order valence-electron chi connectivity index (χ2n) is 3.33. The molecule has 0 aliphatic rings. The number of rotatable bonds is 5. The first-order valence-electron chi connectivity index (χ1n) is 5.11. The number of hydrogen-bond acceptors (Lipinski definition) is 3. The van der Waals surface area contributed by atoms with E-state index in [1.165, 1.54) is 0 Å². The first kappa shape index (κ1) is 13.0. The summed E-state index contributed by atoms with van der Waals surface area (Å²) in [7, 11) is 1.62. The van der Waals surface area contributed by atoms with Crippen LogP contribution in [0.25, 0.3) is 0 Å². The van der Waals surface area contributed by atoms with Gasteiger partial charge in [0.25, 0.3) is 0 Å². The van der Waals surface area contributed by atoms with E-state index < -0.39 is 0 Å². The van der Waals surface area contributed by atoms with E-state index in [1.807, 2.05) is 31.2 Å². The Kier molecular flexibility index (Phi) is 5.32. The van der Waals surface area contributed by atoms with Gasteiger partial charge < -0.3 is 9.47 Å². The van der Waals surface area contributed by atoms with Crippen molar-refractivity contribution in [2.75, 3.05) is 7.11 Å². The summed E-state index contributed by atoms with van der Waals surface area (Å²) in [5.41, 5.74) is 0.949. The number of alkyl halides is 1. The third-order valence-corrected chi connectivity index (χ3v) is 3.18. The maximum absolute atomic E-state index is 11.4. The van der Waals surface area contributed by atoms with Gasteiger partial charge in [-0.05, 0) is 24.1 Å². The summed E-state index contributed by atoms with van der Waals surface area (Å²) in [4.78, 5) is 11.2. The normalized spacial score (nSPS) is 11.9. The number of benzene rings is 1. The first-order chi connectivity index (χ1) is 7.67.